The van der Waals surface area contributed by atoms with E-state index in [0.717, 1.165) is 6.07 Å². The van der Waals surface area contributed by atoms with Crippen molar-refractivity contribution < 1.29 is 33.0 Å². The molecule has 2 bridgehead atoms. The number of carbonyl (C=O) groups is 2. The summed E-state index contributed by atoms with van der Waals surface area (Å²) in [5.41, 5.74) is -1.36. The molecule has 0 saturated heterocycles. The number of rotatable bonds is 9. The molecule has 11 heteroatoms. The summed E-state index contributed by atoms with van der Waals surface area (Å²) in [7, 11) is 0. The first kappa shape index (κ1) is 26.4. The van der Waals surface area contributed by atoms with E-state index < -0.39 is 28.8 Å². The van der Waals surface area contributed by atoms with Gasteiger partial charge in [0.15, 0.2) is 6.61 Å². The van der Waals surface area contributed by atoms with Crippen LogP contribution < -0.4 is 20.1 Å². The Morgan fingerprint density at radius 1 is 0.917 bits per heavy atom. The molecule has 0 unspecified atom stereocenters. The number of benzene rings is 2. The second-order valence-electron chi connectivity index (χ2n) is 9.29. The van der Waals surface area contributed by atoms with Gasteiger partial charge in [-0.3, -0.25) is 9.59 Å². The first-order valence-corrected chi connectivity index (χ1v) is 12.3. The van der Waals surface area contributed by atoms with Crippen molar-refractivity contribution in [3.05, 3.63) is 58.1 Å². The van der Waals surface area contributed by atoms with E-state index in [1.807, 2.05) is 0 Å². The average molecular weight is 543 g/mol. The second-order valence-corrected chi connectivity index (χ2v) is 10.1. The smallest absolute Gasteiger partial charge is 0.258 e. The molecule has 2 aromatic rings. The Kier molecular flexibility index (Phi) is 7.92. The molecule has 3 saturated carbocycles. The maximum atomic E-state index is 13.5. The van der Waals surface area contributed by atoms with Crippen LogP contribution in [0.15, 0.2) is 36.4 Å². The molecule has 36 heavy (non-hydrogen) atoms. The fourth-order valence-electron chi connectivity index (χ4n) is 4.88. The van der Waals surface area contributed by atoms with Gasteiger partial charge in [0.2, 0.25) is 5.91 Å². The van der Waals surface area contributed by atoms with Gasteiger partial charge in [-0.1, -0.05) is 23.2 Å². The zero-order chi connectivity index (χ0) is 25.9. The van der Waals surface area contributed by atoms with E-state index in [0.29, 0.717) is 37.9 Å². The number of ether oxygens (including phenoxy) is 2. The van der Waals surface area contributed by atoms with Crippen molar-refractivity contribution in [2.75, 3.05) is 13.2 Å². The minimum atomic E-state index is -0.840. The summed E-state index contributed by atoms with van der Waals surface area (Å²) in [5.74, 6) is -1.31. The SMILES string of the molecule is O=C(COc1ccc(Cl)c(F)c1)NC12CCC(NC(=O)CCOc3ccc(F)c(Cl)c3)(CC1)[C@@H](O)C2. The Labute approximate surface area is 217 Å². The van der Waals surface area contributed by atoms with Gasteiger partial charge >= 0.3 is 0 Å². The molecule has 5 rings (SSSR count). The predicted octanol–water partition coefficient (Wildman–Crippen LogP) is 4.17. The Hall–Kier alpha value is -2.62. The van der Waals surface area contributed by atoms with Crippen molar-refractivity contribution in [3.8, 4) is 11.5 Å². The summed E-state index contributed by atoms with van der Waals surface area (Å²) in [5, 5.41) is 16.7. The molecule has 2 aromatic carbocycles. The van der Waals surface area contributed by atoms with Crippen molar-refractivity contribution in [3.63, 3.8) is 0 Å². The highest BCUT2D eigenvalue weighted by Gasteiger charge is 2.55. The van der Waals surface area contributed by atoms with E-state index in [-0.39, 0.29) is 47.2 Å². The van der Waals surface area contributed by atoms with Crippen LogP contribution >= 0.6 is 23.2 Å². The zero-order valence-corrected chi connectivity index (χ0v) is 20.8. The van der Waals surface area contributed by atoms with Crippen LogP contribution in [0.5, 0.6) is 11.5 Å². The molecule has 0 aliphatic heterocycles. The number of aliphatic hydroxyl groups excluding tert-OH is 1. The highest BCUT2D eigenvalue weighted by atomic mass is 35.5. The topological polar surface area (TPSA) is 96.9 Å². The molecular formula is C25H26Cl2F2N2O5. The summed E-state index contributed by atoms with van der Waals surface area (Å²) in [4.78, 5) is 25.1. The van der Waals surface area contributed by atoms with Crippen LogP contribution in [-0.2, 0) is 9.59 Å². The number of amides is 2. The van der Waals surface area contributed by atoms with Crippen molar-refractivity contribution in [1.29, 1.82) is 0 Å². The zero-order valence-electron chi connectivity index (χ0n) is 19.3. The molecule has 7 nitrogen and oxygen atoms in total. The molecule has 3 aliphatic rings. The first-order chi connectivity index (χ1) is 17.1. The lowest BCUT2D eigenvalue weighted by molar-refractivity contribution is -0.136. The molecule has 0 radical (unpaired) electrons. The second kappa shape index (κ2) is 10.8. The maximum absolute atomic E-state index is 13.5. The van der Waals surface area contributed by atoms with Crippen LogP contribution in [-0.4, -0.2) is 47.3 Å². The molecule has 194 valence electrons. The molecular weight excluding hydrogens is 517 g/mol. The van der Waals surface area contributed by atoms with Crippen LogP contribution in [0.3, 0.4) is 0 Å². The summed E-state index contributed by atoms with van der Waals surface area (Å²) in [6.45, 7) is -0.239. The average Bonchev–Trinajstić information content (AvgIpc) is 2.83. The van der Waals surface area contributed by atoms with E-state index >= 15 is 0 Å². The van der Waals surface area contributed by atoms with Crippen LogP contribution in [0.1, 0.15) is 38.5 Å². The Balaban J connectivity index is 1.24. The standard InChI is InChI=1S/C25H26Cl2F2N2O5/c26-17-3-1-16(12-20(17)29)36-14-23(34)30-24-6-8-25(9-7-24,21(32)13-24)31-22(33)5-10-35-15-2-4-19(28)18(27)11-15/h1-4,11-12,21,32H,5-10,13-14H2,(H,30,34)(H,31,33)/t21-,24?,25?/m0/s1. The molecule has 3 aliphatic carbocycles. The van der Waals surface area contributed by atoms with Crippen molar-refractivity contribution in [2.45, 2.75) is 55.7 Å². The maximum Gasteiger partial charge on any atom is 0.258 e. The van der Waals surface area contributed by atoms with E-state index in [1.165, 1.54) is 30.3 Å². The summed E-state index contributed by atoms with van der Waals surface area (Å²) < 4.78 is 37.6. The number of hydrogen-bond donors (Lipinski definition) is 3. The normalized spacial score (nSPS) is 24.8. The molecule has 0 spiro atoms. The van der Waals surface area contributed by atoms with E-state index in [1.54, 1.807) is 0 Å². The third kappa shape index (κ3) is 6.02. The molecule has 1 atom stereocenters. The quantitative estimate of drug-likeness (QED) is 0.442. The molecule has 0 aromatic heterocycles. The Morgan fingerprint density at radius 2 is 1.61 bits per heavy atom. The minimum absolute atomic E-state index is 0.0371. The molecule has 3 N–H and O–H groups in total. The van der Waals surface area contributed by atoms with Crippen LogP contribution in [0.4, 0.5) is 8.78 Å². The summed E-state index contributed by atoms with van der Waals surface area (Å²) >= 11 is 11.4. The van der Waals surface area contributed by atoms with Gasteiger partial charge in [0.25, 0.3) is 5.91 Å². The highest BCUT2D eigenvalue weighted by molar-refractivity contribution is 6.31. The van der Waals surface area contributed by atoms with Crippen molar-refractivity contribution in [2.24, 2.45) is 0 Å². The fourth-order valence-corrected chi connectivity index (χ4v) is 5.17. The van der Waals surface area contributed by atoms with Gasteiger partial charge in [-0.25, -0.2) is 8.78 Å². The largest absolute Gasteiger partial charge is 0.493 e. The Bertz CT molecular complexity index is 1140. The minimum Gasteiger partial charge on any atom is -0.493 e. The Morgan fingerprint density at radius 3 is 2.28 bits per heavy atom. The number of fused-ring (bicyclic) bond motifs is 3. The third-order valence-corrected chi connectivity index (χ3v) is 7.46. The summed E-state index contributed by atoms with van der Waals surface area (Å²) in [6.07, 6.45) is 1.65. The van der Waals surface area contributed by atoms with Gasteiger partial charge in [-0.05, 0) is 56.4 Å². The van der Waals surface area contributed by atoms with Crippen molar-refractivity contribution in [1.82, 2.24) is 10.6 Å². The van der Waals surface area contributed by atoms with E-state index in [4.69, 9.17) is 32.7 Å². The fraction of sp³-hybridized carbons (Fsp3) is 0.440. The monoisotopic (exact) mass is 542 g/mol. The lowest BCUT2D eigenvalue weighted by Gasteiger charge is -2.56. The van der Waals surface area contributed by atoms with Gasteiger partial charge in [-0.15, -0.1) is 0 Å². The van der Waals surface area contributed by atoms with Gasteiger partial charge in [-0.2, -0.15) is 0 Å². The number of aliphatic hydroxyl groups is 1. The van der Waals surface area contributed by atoms with Gasteiger partial charge < -0.3 is 25.2 Å². The lowest BCUT2D eigenvalue weighted by Crippen LogP contribution is -2.70. The molecule has 3 fully saturated rings. The predicted molar refractivity (Wildman–Crippen MR) is 129 cm³/mol. The number of hydrogen-bond acceptors (Lipinski definition) is 5. The van der Waals surface area contributed by atoms with Crippen LogP contribution in [0.2, 0.25) is 10.0 Å². The number of carbonyl (C=O) groups excluding carboxylic acids is 2. The van der Waals surface area contributed by atoms with E-state index in [2.05, 4.69) is 10.6 Å². The van der Waals surface area contributed by atoms with Crippen LogP contribution in [0, 0.1) is 11.6 Å². The van der Waals surface area contributed by atoms with Crippen LogP contribution in [0.25, 0.3) is 0 Å². The lowest BCUT2D eigenvalue weighted by atomic mass is 9.60. The molecule has 0 heterocycles. The van der Waals surface area contributed by atoms with E-state index in [9.17, 15) is 23.5 Å². The molecule has 2 amide bonds. The first-order valence-electron chi connectivity index (χ1n) is 11.6. The highest BCUT2D eigenvalue weighted by Crippen LogP contribution is 2.47. The number of halogens is 4. The van der Waals surface area contributed by atoms with Gasteiger partial charge in [0, 0.05) is 17.7 Å². The van der Waals surface area contributed by atoms with Crippen molar-refractivity contribution >= 4 is 35.0 Å². The summed E-state index contributed by atoms with van der Waals surface area (Å²) in [6, 6.07) is 7.88. The van der Waals surface area contributed by atoms with Gasteiger partial charge in [0.05, 0.1) is 34.7 Å². The third-order valence-electron chi connectivity index (χ3n) is 6.86. The van der Waals surface area contributed by atoms with Gasteiger partial charge in [0.1, 0.15) is 23.1 Å². The number of nitrogens with one attached hydrogen (secondary N) is 2.